The number of allylic oxidation sites excluding steroid dienone is 5. The summed E-state index contributed by atoms with van der Waals surface area (Å²) in [5.41, 5.74) is 6.35. The maximum atomic E-state index is 13.0. The third kappa shape index (κ3) is 8.34. The number of carbonyl (C=O) groups excluding carboxylic acids is 4. The highest BCUT2D eigenvalue weighted by molar-refractivity contribution is 6.21. The third-order valence-corrected chi connectivity index (χ3v) is 6.61. The van der Waals surface area contributed by atoms with Crippen molar-refractivity contribution in [3.63, 3.8) is 0 Å². The molecule has 208 valence electrons. The molecule has 38 heavy (non-hydrogen) atoms. The molecule has 0 radical (unpaired) electrons. The second kappa shape index (κ2) is 14.0. The number of hydrogen-bond acceptors (Lipinski definition) is 8. The third-order valence-electron chi connectivity index (χ3n) is 6.61. The zero-order valence-corrected chi connectivity index (χ0v) is 22.7. The molecular weight excluding hydrogens is 492 g/mol. The molecule has 4 N–H and O–H groups in total. The van der Waals surface area contributed by atoms with Gasteiger partial charge in [0, 0.05) is 37.4 Å². The Kier molecular flexibility index (Phi) is 11.4. The molecular formula is C28H38N2O8. The van der Waals surface area contributed by atoms with E-state index in [9.17, 15) is 24.3 Å². The van der Waals surface area contributed by atoms with Gasteiger partial charge in [-0.15, -0.1) is 0 Å². The maximum Gasteiger partial charge on any atom is 0.405 e. The van der Waals surface area contributed by atoms with Crippen LogP contribution in [0.2, 0.25) is 0 Å². The summed E-state index contributed by atoms with van der Waals surface area (Å²) < 4.78 is 16.4. The lowest BCUT2D eigenvalue weighted by Crippen LogP contribution is -2.37. The standard InChI is InChI=1S/C28H38N2O8/c1-15-10-19-13-20(31)14-21(25(19)33)30-27(34)16(2)8-7-9-22(36-5)26(38-28(29)35)18(4)12-17(3)24(32)23(11-15)37-6/h7-9,12-15,17,22-24,26,32H,10-11H2,1-6H3,(H2,29,35)(H,30,34)/b9-7-,16-8-,18-12-/t15-,17+,22+,23+,24-,26+/m1/s1. The lowest BCUT2D eigenvalue weighted by atomic mass is 9.86. The van der Waals surface area contributed by atoms with E-state index in [1.807, 2.05) is 6.92 Å². The topological polar surface area (TPSA) is 154 Å². The van der Waals surface area contributed by atoms with Gasteiger partial charge in [0.05, 0.1) is 17.9 Å². The Labute approximate surface area is 223 Å². The van der Waals surface area contributed by atoms with Crippen LogP contribution in [0.1, 0.15) is 40.5 Å². The first-order chi connectivity index (χ1) is 17.9. The van der Waals surface area contributed by atoms with Crippen molar-refractivity contribution >= 4 is 23.6 Å². The normalized spacial score (nSPS) is 33.6. The number of hydrogen-bond donors (Lipinski definition) is 3. The summed E-state index contributed by atoms with van der Waals surface area (Å²) in [5, 5.41) is 13.6. The molecule has 0 aromatic heterocycles. The Balaban J connectivity index is 2.53. The van der Waals surface area contributed by atoms with Crippen LogP contribution in [0.4, 0.5) is 4.79 Å². The number of nitrogens with two attached hydrogens (primary N) is 1. The molecule has 6 atom stereocenters. The van der Waals surface area contributed by atoms with E-state index in [0.29, 0.717) is 12.0 Å². The average molecular weight is 531 g/mol. The monoisotopic (exact) mass is 530 g/mol. The number of ether oxygens (including phenoxy) is 3. The van der Waals surface area contributed by atoms with Gasteiger partial charge in [0.15, 0.2) is 11.9 Å². The Morgan fingerprint density at radius 2 is 1.79 bits per heavy atom. The van der Waals surface area contributed by atoms with Gasteiger partial charge >= 0.3 is 6.09 Å². The molecule has 0 unspecified atom stereocenters. The maximum absolute atomic E-state index is 13.0. The first-order valence-corrected chi connectivity index (χ1v) is 12.4. The van der Waals surface area contributed by atoms with Crippen molar-refractivity contribution in [3.8, 4) is 0 Å². The first kappa shape index (κ1) is 30.9. The van der Waals surface area contributed by atoms with Crippen molar-refractivity contribution in [3.05, 3.63) is 58.9 Å². The lowest BCUT2D eigenvalue weighted by molar-refractivity contribution is -0.120. The first-order valence-electron chi connectivity index (χ1n) is 12.4. The van der Waals surface area contributed by atoms with Crippen molar-refractivity contribution < 1.29 is 38.5 Å². The number of aliphatic hydroxyl groups excluding tert-OH is 1. The number of nitrogens with one attached hydrogen (secondary N) is 1. The molecule has 0 aromatic rings. The van der Waals surface area contributed by atoms with E-state index >= 15 is 0 Å². The zero-order valence-electron chi connectivity index (χ0n) is 22.7. The van der Waals surface area contributed by atoms with Gasteiger partial charge in [0.1, 0.15) is 6.10 Å². The van der Waals surface area contributed by atoms with Gasteiger partial charge in [-0.3, -0.25) is 14.4 Å². The number of Topliss-reactive ketones (excluding diaryl/α,β-unsaturated/α-hetero) is 1. The number of amides is 2. The van der Waals surface area contributed by atoms with Gasteiger partial charge in [0.25, 0.3) is 5.91 Å². The summed E-state index contributed by atoms with van der Waals surface area (Å²) >= 11 is 0. The van der Waals surface area contributed by atoms with Crippen LogP contribution in [0.5, 0.6) is 0 Å². The number of rotatable bonds is 3. The molecule has 2 bridgehead atoms. The molecule has 2 rings (SSSR count). The number of methoxy groups -OCH3 is 2. The number of ketones is 2. The van der Waals surface area contributed by atoms with E-state index in [-0.39, 0.29) is 29.2 Å². The van der Waals surface area contributed by atoms with Crippen LogP contribution < -0.4 is 11.1 Å². The van der Waals surface area contributed by atoms with Crippen molar-refractivity contribution in [2.24, 2.45) is 17.6 Å². The van der Waals surface area contributed by atoms with Crippen LogP contribution in [-0.4, -0.2) is 67.3 Å². The molecule has 0 spiro atoms. The van der Waals surface area contributed by atoms with Crippen LogP contribution in [0.15, 0.2) is 58.9 Å². The predicted octanol–water partition coefficient (Wildman–Crippen LogP) is 2.43. The molecule has 2 aliphatic rings. The molecule has 2 amide bonds. The number of aliphatic hydroxyl groups is 1. The second-order valence-corrected chi connectivity index (χ2v) is 9.79. The summed E-state index contributed by atoms with van der Waals surface area (Å²) in [6.45, 7) is 6.98. The highest BCUT2D eigenvalue weighted by Gasteiger charge is 2.31. The van der Waals surface area contributed by atoms with E-state index in [1.54, 1.807) is 39.0 Å². The molecule has 0 fully saturated rings. The Morgan fingerprint density at radius 1 is 1.11 bits per heavy atom. The van der Waals surface area contributed by atoms with Gasteiger partial charge in [-0.2, -0.15) is 0 Å². The summed E-state index contributed by atoms with van der Waals surface area (Å²) in [4.78, 5) is 49.7. The molecule has 1 aliphatic heterocycles. The van der Waals surface area contributed by atoms with Crippen LogP contribution in [-0.2, 0) is 28.6 Å². The molecule has 10 heteroatoms. The average Bonchev–Trinajstić information content (AvgIpc) is 2.85. The number of primary amides is 1. The largest absolute Gasteiger partial charge is 0.439 e. The minimum atomic E-state index is -0.993. The van der Waals surface area contributed by atoms with E-state index in [0.717, 1.165) is 6.08 Å². The van der Waals surface area contributed by atoms with E-state index < -0.39 is 53.9 Å². The fraction of sp³-hybridized carbons (Fsp3) is 0.500. The van der Waals surface area contributed by atoms with Crippen molar-refractivity contribution in [1.29, 1.82) is 0 Å². The van der Waals surface area contributed by atoms with E-state index in [1.165, 1.54) is 26.4 Å². The highest BCUT2D eigenvalue weighted by atomic mass is 16.6. The molecule has 0 saturated heterocycles. The summed E-state index contributed by atoms with van der Waals surface area (Å²) in [6, 6.07) is 0. The van der Waals surface area contributed by atoms with Gasteiger partial charge in [0.2, 0.25) is 5.78 Å². The van der Waals surface area contributed by atoms with Crippen molar-refractivity contribution in [1.82, 2.24) is 5.32 Å². The molecule has 1 heterocycles. The Morgan fingerprint density at radius 3 is 2.39 bits per heavy atom. The Bertz CT molecular complexity index is 1080. The summed E-state index contributed by atoms with van der Waals surface area (Å²) in [5.74, 6) is -1.93. The molecule has 10 nitrogen and oxygen atoms in total. The molecule has 1 aliphatic carbocycles. The van der Waals surface area contributed by atoms with Crippen molar-refractivity contribution in [2.45, 2.75) is 65.0 Å². The van der Waals surface area contributed by atoms with Crippen LogP contribution in [0.3, 0.4) is 0 Å². The SMILES string of the molecule is CO[C@H]1/C=C\C=C(\C)C(=O)NC2=CC(=O)C=C(C[C@@H](C)C[C@H](OC)[C@H](O)[C@@H](C)/C=C(/C)[C@@H]1OC(N)=O)C2=O. The van der Waals surface area contributed by atoms with Gasteiger partial charge in [-0.25, -0.2) is 4.79 Å². The summed E-state index contributed by atoms with van der Waals surface area (Å²) in [6.07, 6.45) is 5.27. The predicted molar refractivity (Wildman–Crippen MR) is 141 cm³/mol. The van der Waals surface area contributed by atoms with Crippen LogP contribution in [0.25, 0.3) is 0 Å². The quantitative estimate of drug-likeness (QED) is 0.371. The minimum Gasteiger partial charge on any atom is -0.439 e. The highest BCUT2D eigenvalue weighted by Crippen LogP contribution is 2.27. The number of carbonyl (C=O) groups is 4. The fourth-order valence-corrected chi connectivity index (χ4v) is 4.53. The van der Waals surface area contributed by atoms with E-state index in [2.05, 4.69) is 5.32 Å². The second-order valence-electron chi connectivity index (χ2n) is 9.79. The minimum absolute atomic E-state index is 0.0965. The van der Waals surface area contributed by atoms with Crippen molar-refractivity contribution in [2.75, 3.05) is 14.2 Å². The smallest absolute Gasteiger partial charge is 0.405 e. The molecule has 0 saturated carbocycles. The Hall–Kier alpha value is -3.34. The van der Waals surface area contributed by atoms with Crippen LogP contribution in [0, 0.1) is 11.8 Å². The van der Waals surface area contributed by atoms with Gasteiger partial charge in [-0.05, 0) is 44.3 Å². The summed E-state index contributed by atoms with van der Waals surface area (Å²) in [7, 11) is 2.92. The van der Waals surface area contributed by atoms with E-state index in [4.69, 9.17) is 19.9 Å². The molecule has 0 aromatic carbocycles. The van der Waals surface area contributed by atoms with Crippen LogP contribution >= 0.6 is 0 Å². The van der Waals surface area contributed by atoms with Gasteiger partial charge in [-0.1, -0.05) is 38.2 Å². The zero-order chi connectivity index (χ0) is 28.6. The van der Waals surface area contributed by atoms with Gasteiger partial charge < -0.3 is 30.4 Å². The number of fused-ring (bicyclic) bond motifs is 2. The fourth-order valence-electron chi connectivity index (χ4n) is 4.53. The lowest BCUT2D eigenvalue weighted by Gasteiger charge is -2.29.